The molecule has 11 nitrogen and oxygen atoms in total. The number of nitriles is 1. The molecular weight excluding hydrogens is 613 g/mol. The van der Waals surface area contributed by atoms with Crippen LogP contribution in [0.5, 0.6) is 0 Å². The van der Waals surface area contributed by atoms with Crippen molar-refractivity contribution in [1.29, 1.82) is 5.26 Å². The molecule has 0 aliphatic carbocycles. The summed E-state index contributed by atoms with van der Waals surface area (Å²) in [6, 6.07) is 9.22. The highest BCUT2D eigenvalue weighted by Gasteiger charge is 2.42. The number of thiophene rings is 1. The van der Waals surface area contributed by atoms with Crippen LogP contribution in [-0.4, -0.2) is 81.3 Å². The number of urea groups is 1. The number of amides is 3. The maximum atomic E-state index is 13.7. The number of morpholine rings is 1. The van der Waals surface area contributed by atoms with Gasteiger partial charge in [-0.05, 0) is 30.7 Å². The third-order valence-electron chi connectivity index (χ3n) is 6.66. The van der Waals surface area contributed by atoms with E-state index < -0.39 is 29.7 Å². The van der Waals surface area contributed by atoms with Gasteiger partial charge in [-0.25, -0.2) is 9.59 Å². The highest BCUT2D eigenvalue weighted by molar-refractivity contribution is 7.98. The molecule has 5 rings (SSSR count). The highest BCUT2D eigenvalue weighted by atomic mass is 35.5. The van der Waals surface area contributed by atoms with Gasteiger partial charge in [-0.15, -0.1) is 11.3 Å². The topological polar surface area (TPSA) is 146 Å². The molecule has 4 heterocycles. The molecule has 0 radical (unpaired) electrons. The number of imide groups is 1. The molecule has 2 aliphatic heterocycles. The van der Waals surface area contributed by atoms with Gasteiger partial charge in [-0.1, -0.05) is 41.0 Å². The van der Waals surface area contributed by atoms with Gasteiger partial charge in [0.2, 0.25) is 5.91 Å². The molecule has 41 heavy (non-hydrogen) atoms. The molecule has 2 fully saturated rings. The van der Waals surface area contributed by atoms with E-state index in [2.05, 4.69) is 11.2 Å². The fourth-order valence-electron chi connectivity index (χ4n) is 4.63. The maximum Gasteiger partial charge on any atom is 0.337 e. The van der Waals surface area contributed by atoms with Crippen molar-refractivity contribution in [3.05, 3.63) is 67.0 Å². The van der Waals surface area contributed by atoms with Crippen molar-refractivity contribution in [1.82, 2.24) is 19.6 Å². The Labute approximate surface area is 252 Å². The molecule has 2 saturated heterocycles. The molecule has 2 aliphatic rings. The van der Waals surface area contributed by atoms with Crippen LogP contribution >= 0.6 is 46.3 Å². The van der Waals surface area contributed by atoms with Crippen molar-refractivity contribution in [3.63, 3.8) is 0 Å². The van der Waals surface area contributed by atoms with Crippen molar-refractivity contribution in [2.24, 2.45) is 0 Å². The SMILES string of the molecule is N#Cc1c(C2CCN(C(=O)N3CCOCC3)C2=O)nn(C(=O)c2cccc(C(=O)O)c2Cl)c1SCc1ccc(Cl)s1. The number of hydrogen-bond donors (Lipinski definition) is 1. The highest BCUT2D eigenvalue weighted by Crippen LogP contribution is 2.38. The van der Waals surface area contributed by atoms with Crippen molar-refractivity contribution >= 4 is 70.1 Å². The third kappa shape index (κ3) is 5.71. The second-order valence-electron chi connectivity index (χ2n) is 9.07. The number of rotatable bonds is 6. The summed E-state index contributed by atoms with van der Waals surface area (Å²) in [4.78, 5) is 55.4. The first kappa shape index (κ1) is 29.1. The first-order valence-electron chi connectivity index (χ1n) is 12.4. The van der Waals surface area contributed by atoms with Gasteiger partial charge in [0.05, 0.1) is 45.3 Å². The van der Waals surface area contributed by atoms with Gasteiger partial charge in [0.15, 0.2) is 0 Å². The molecule has 1 aromatic carbocycles. The number of likely N-dealkylation sites (tertiary alicyclic amines) is 1. The smallest absolute Gasteiger partial charge is 0.337 e. The minimum Gasteiger partial charge on any atom is -0.478 e. The molecule has 0 bridgehead atoms. The summed E-state index contributed by atoms with van der Waals surface area (Å²) in [5.74, 6) is -3.18. The Bertz CT molecular complexity index is 1590. The van der Waals surface area contributed by atoms with E-state index in [9.17, 15) is 29.5 Å². The van der Waals surface area contributed by atoms with Gasteiger partial charge < -0.3 is 14.7 Å². The van der Waals surface area contributed by atoms with Crippen molar-refractivity contribution in [3.8, 4) is 6.07 Å². The normalized spacial score (nSPS) is 17.1. The number of aromatic carboxylic acids is 1. The zero-order valence-corrected chi connectivity index (χ0v) is 24.4. The van der Waals surface area contributed by atoms with Crippen molar-refractivity contribution in [2.75, 3.05) is 32.8 Å². The van der Waals surface area contributed by atoms with Gasteiger partial charge in [0, 0.05) is 30.3 Å². The van der Waals surface area contributed by atoms with Gasteiger partial charge in [0.1, 0.15) is 16.7 Å². The van der Waals surface area contributed by atoms with Gasteiger partial charge in [-0.2, -0.15) is 15.0 Å². The van der Waals surface area contributed by atoms with Crippen LogP contribution in [0.4, 0.5) is 4.79 Å². The summed E-state index contributed by atoms with van der Waals surface area (Å²) < 4.78 is 6.85. The van der Waals surface area contributed by atoms with E-state index in [1.807, 2.05) is 6.07 Å². The molecule has 0 spiro atoms. The predicted octanol–water partition coefficient (Wildman–Crippen LogP) is 4.57. The van der Waals surface area contributed by atoms with Gasteiger partial charge in [0.25, 0.3) is 5.91 Å². The van der Waals surface area contributed by atoms with Crippen LogP contribution in [-0.2, 0) is 15.3 Å². The van der Waals surface area contributed by atoms with Crippen LogP contribution in [0.1, 0.15) is 49.2 Å². The molecule has 0 saturated carbocycles. The number of carboxylic acid groups (broad SMARTS) is 1. The Kier molecular flexibility index (Phi) is 8.67. The monoisotopic (exact) mass is 633 g/mol. The standard InChI is InChI=1S/C26H21Cl2N5O6S2/c27-19-5-4-14(41-19)13-40-24-18(12-29)21(17-6-7-32(22(17)34)26(38)31-8-10-39-11-9-31)30-33(24)23(35)15-2-1-3-16(20(15)28)25(36)37/h1-5,17H,6-11,13H2,(H,36,37). The quantitative estimate of drug-likeness (QED) is 0.386. The number of halogens is 2. The second kappa shape index (κ2) is 12.2. The number of benzene rings is 1. The average molecular weight is 635 g/mol. The number of carbonyl (C=O) groups is 4. The van der Waals surface area contributed by atoms with E-state index in [-0.39, 0.29) is 45.4 Å². The van der Waals surface area contributed by atoms with Crippen LogP contribution in [0.25, 0.3) is 0 Å². The van der Waals surface area contributed by atoms with E-state index in [0.717, 1.165) is 26.2 Å². The zero-order chi connectivity index (χ0) is 29.3. The van der Waals surface area contributed by atoms with E-state index >= 15 is 0 Å². The summed E-state index contributed by atoms with van der Waals surface area (Å²) in [5, 5.41) is 24.0. The molecular formula is C26H21Cl2N5O6S2. The molecule has 212 valence electrons. The van der Waals surface area contributed by atoms with Crippen LogP contribution in [0.3, 0.4) is 0 Å². The first-order chi connectivity index (χ1) is 19.7. The van der Waals surface area contributed by atoms with Crippen LogP contribution in [0.15, 0.2) is 35.4 Å². The largest absolute Gasteiger partial charge is 0.478 e. The molecule has 1 atom stereocenters. The summed E-state index contributed by atoms with van der Waals surface area (Å²) in [6.45, 7) is 1.62. The fraction of sp³-hybridized carbons (Fsp3) is 0.308. The Balaban J connectivity index is 1.53. The van der Waals surface area contributed by atoms with E-state index in [0.29, 0.717) is 36.4 Å². The molecule has 3 amide bonds. The lowest BCUT2D eigenvalue weighted by Crippen LogP contribution is -2.48. The minimum absolute atomic E-state index is 0.0236. The molecule has 1 unspecified atom stereocenters. The Morgan fingerprint density at radius 1 is 1.15 bits per heavy atom. The van der Waals surface area contributed by atoms with Crippen LogP contribution in [0, 0.1) is 11.3 Å². The Morgan fingerprint density at radius 3 is 2.54 bits per heavy atom. The number of ether oxygens (including phenoxy) is 1. The summed E-state index contributed by atoms with van der Waals surface area (Å²) in [6.07, 6.45) is 0.217. The maximum absolute atomic E-state index is 13.7. The summed E-state index contributed by atoms with van der Waals surface area (Å²) in [5.41, 5.74) is -0.306. The second-order valence-corrected chi connectivity index (χ2v) is 12.2. The van der Waals surface area contributed by atoms with E-state index in [4.69, 9.17) is 27.9 Å². The number of aromatic nitrogens is 2. The lowest BCUT2D eigenvalue weighted by atomic mass is 10.0. The van der Waals surface area contributed by atoms with Crippen molar-refractivity contribution in [2.45, 2.75) is 23.1 Å². The lowest BCUT2D eigenvalue weighted by Gasteiger charge is -2.30. The van der Waals surface area contributed by atoms with E-state index in [1.54, 1.807) is 11.0 Å². The molecule has 2 aromatic heterocycles. The lowest BCUT2D eigenvalue weighted by molar-refractivity contribution is -0.127. The number of thioether (sulfide) groups is 1. The zero-order valence-electron chi connectivity index (χ0n) is 21.2. The Hall–Kier alpha value is -3.41. The fourth-order valence-corrected chi connectivity index (χ4v) is 7.13. The van der Waals surface area contributed by atoms with E-state index in [1.165, 1.54) is 29.5 Å². The first-order valence-corrected chi connectivity index (χ1v) is 14.9. The number of hydrogen-bond acceptors (Lipinski definition) is 9. The Morgan fingerprint density at radius 2 is 1.88 bits per heavy atom. The average Bonchev–Trinajstić information content (AvgIpc) is 3.67. The minimum atomic E-state index is -1.31. The van der Waals surface area contributed by atoms with Crippen molar-refractivity contribution < 1.29 is 29.0 Å². The molecule has 15 heteroatoms. The third-order valence-corrected chi connectivity index (χ3v) is 9.59. The number of carbonyl (C=O) groups excluding carboxylic acids is 3. The number of carboxylic acids is 1. The van der Waals surface area contributed by atoms with Gasteiger partial charge in [-0.3, -0.25) is 14.5 Å². The number of nitrogens with zero attached hydrogens (tertiary/aromatic N) is 5. The summed E-state index contributed by atoms with van der Waals surface area (Å²) >= 11 is 14.8. The van der Waals surface area contributed by atoms with Gasteiger partial charge >= 0.3 is 12.0 Å². The predicted molar refractivity (Wildman–Crippen MR) is 151 cm³/mol. The molecule has 3 aromatic rings. The summed E-state index contributed by atoms with van der Waals surface area (Å²) in [7, 11) is 0. The van der Waals surface area contributed by atoms with Crippen LogP contribution in [0.2, 0.25) is 9.36 Å². The van der Waals surface area contributed by atoms with Crippen LogP contribution < -0.4 is 0 Å². The molecule has 1 N–H and O–H groups in total.